The zero-order valence-corrected chi connectivity index (χ0v) is 35.8. The van der Waals surface area contributed by atoms with E-state index in [1.54, 1.807) is 18.2 Å². The first kappa shape index (κ1) is 43.6. The topological polar surface area (TPSA) is 102 Å². The van der Waals surface area contributed by atoms with Crippen LogP contribution >= 0.6 is 0 Å². The lowest BCUT2D eigenvalue weighted by molar-refractivity contribution is -0.138. The number of nitrogens with zero attached hydrogens (tertiary/aromatic N) is 6. The highest BCUT2D eigenvalue weighted by atomic mass is 19.4. The molecule has 10 rings (SSSR count). The molecular formula is C57H30F6N6. The van der Waals surface area contributed by atoms with E-state index in [0.29, 0.717) is 83.8 Å². The van der Waals surface area contributed by atoms with Crippen molar-refractivity contribution >= 4 is 21.8 Å². The molecule has 8 aromatic carbocycles. The number of halogens is 6. The zero-order chi connectivity index (χ0) is 48.0. The molecule has 0 aliphatic rings. The largest absolute Gasteiger partial charge is 0.416 e. The number of hydrogen-bond donors (Lipinski definition) is 0. The predicted octanol–water partition coefficient (Wildman–Crippen LogP) is 15.2. The Morgan fingerprint density at radius 2 is 0.884 bits per heavy atom. The summed E-state index contributed by atoms with van der Waals surface area (Å²) in [5.74, 6) is 0.391. The van der Waals surface area contributed by atoms with Crippen molar-refractivity contribution in [1.82, 2.24) is 14.5 Å². The lowest BCUT2D eigenvalue weighted by Gasteiger charge is -2.22. The maximum atomic E-state index is 14.2. The first-order valence-electron chi connectivity index (χ1n) is 21.3. The van der Waals surface area contributed by atoms with Crippen LogP contribution in [0.25, 0.3) is 94.8 Å². The summed E-state index contributed by atoms with van der Waals surface area (Å²) < 4.78 is 86.9. The zero-order valence-electron chi connectivity index (χ0n) is 35.8. The fraction of sp³-hybridized carbons (Fsp3) is 0.0351. The average Bonchev–Trinajstić information content (AvgIpc) is 3.71. The van der Waals surface area contributed by atoms with E-state index >= 15 is 0 Å². The van der Waals surface area contributed by atoms with Gasteiger partial charge in [0.15, 0.2) is 5.82 Å². The quantitative estimate of drug-likeness (QED) is 0.148. The molecule has 0 radical (unpaired) electrons. The first-order valence-corrected chi connectivity index (χ1v) is 21.3. The van der Waals surface area contributed by atoms with Crippen molar-refractivity contribution in [3.05, 3.63) is 210 Å². The molecule has 0 amide bonds. The lowest BCUT2D eigenvalue weighted by Crippen LogP contribution is -2.06. The number of hydrogen-bond acceptors (Lipinski definition) is 5. The summed E-state index contributed by atoms with van der Waals surface area (Å²) in [6.07, 6.45) is -9.29. The van der Waals surface area contributed by atoms with Crippen LogP contribution in [0.2, 0.25) is 0 Å². The molecule has 0 fully saturated rings. The van der Waals surface area contributed by atoms with E-state index in [9.17, 15) is 42.1 Å². The standard InChI is InChI=1S/C57H30F6N6/c58-56(59,60)43-20-15-35(16-21-43)46-28-40(50-30-49(37-9-3-1-4-10-37)67-55(68-50)38-11-5-2-6-12-38)29-47(36-17-22-44(23-18-36)57(61,62)63)54(46)69-51-14-8-7-13-45(51)48-27-39(19-24-52(48)69)53-41(32-65)25-34(31-64)26-42(53)33-66/h1-30H. The summed E-state index contributed by atoms with van der Waals surface area (Å²) in [7, 11) is 0. The molecule has 2 heterocycles. The van der Waals surface area contributed by atoms with Crippen LogP contribution < -0.4 is 0 Å². The van der Waals surface area contributed by atoms with Crippen molar-refractivity contribution in [2.75, 3.05) is 0 Å². The van der Waals surface area contributed by atoms with Gasteiger partial charge in [-0.3, -0.25) is 0 Å². The molecule has 0 bridgehead atoms. The van der Waals surface area contributed by atoms with Crippen LogP contribution in [0.1, 0.15) is 27.8 Å². The van der Waals surface area contributed by atoms with E-state index in [-0.39, 0.29) is 16.7 Å². The fourth-order valence-corrected chi connectivity index (χ4v) is 8.77. The van der Waals surface area contributed by atoms with Crippen LogP contribution in [0.4, 0.5) is 26.3 Å². The van der Waals surface area contributed by atoms with Crippen LogP contribution in [-0.2, 0) is 12.4 Å². The molecular weight excluding hydrogens is 883 g/mol. The second-order valence-electron chi connectivity index (χ2n) is 16.1. The van der Waals surface area contributed by atoms with E-state index in [4.69, 9.17) is 9.97 Å². The average molecular weight is 913 g/mol. The number of rotatable bonds is 7. The third kappa shape index (κ3) is 8.09. The molecule has 69 heavy (non-hydrogen) atoms. The first-order chi connectivity index (χ1) is 33.3. The predicted molar refractivity (Wildman–Crippen MR) is 253 cm³/mol. The summed E-state index contributed by atoms with van der Waals surface area (Å²) in [5, 5.41) is 31.4. The van der Waals surface area contributed by atoms with Gasteiger partial charge >= 0.3 is 12.4 Å². The molecule has 0 saturated carbocycles. The van der Waals surface area contributed by atoms with E-state index < -0.39 is 23.5 Å². The van der Waals surface area contributed by atoms with Crippen LogP contribution in [-0.4, -0.2) is 14.5 Å². The highest BCUT2D eigenvalue weighted by Crippen LogP contribution is 2.46. The number of alkyl halides is 6. The molecule has 2 aromatic heterocycles. The van der Waals surface area contributed by atoms with Gasteiger partial charge in [0.1, 0.15) is 0 Å². The van der Waals surface area contributed by atoms with E-state index in [1.165, 1.54) is 36.4 Å². The third-order valence-corrected chi connectivity index (χ3v) is 12.0. The minimum atomic E-state index is -4.65. The van der Waals surface area contributed by atoms with Gasteiger partial charge in [-0.15, -0.1) is 0 Å². The van der Waals surface area contributed by atoms with Gasteiger partial charge in [0.2, 0.25) is 0 Å². The monoisotopic (exact) mass is 912 g/mol. The highest BCUT2D eigenvalue weighted by molar-refractivity contribution is 6.12. The molecule has 0 aliphatic carbocycles. The number of fused-ring (bicyclic) bond motifs is 3. The summed E-state index contributed by atoms with van der Waals surface area (Å²) in [5.41, 5.74) is 5.75. The Morgan fingerprint density at radius 3 is 1.41 bits per heavy atom. The van der Waals surface area contributed by atoms with Crippen molar-refractivity contribution in [1.29, 1.82) is 15.8 Å². The SMILES string of the molecule is N#Cc1cc(C#N)c(-c2ccc3c(c2)c2ccccc2n3-c2c(-c3ccc(C(F)(F)F)cc3)cc(-c3cc(-c4ccccc4)nc(-c4ccccc4)n3)cc2-c2ccc(C(F)(F)F)cc2)c(C#N)c1. The third-order valence-electron chi connectivity index (χ3n) is 12.0. The molecule has 0 N–H and O–H groups in total. The Hall–Kier alpha value is -9.31. The van der Waals surface area contributed by atoms with Crippen LogP contribution in [0.3, 0.4) is 0 Å². The smallest absolute Gasteiger partial charge is 0.308 e. The summed E-state index contributed by atoms with van der Waals surface area (Å²) in [4.78, 5) is 9.99. The molecule has 10 aromatic rings. The Kier molecular flexibility index (Phi) is 10.8. The van der Waals surface area contributed by atoms with E-state index in [2.05, 4.69) is 12.1 Å². The highest BCUT2D eigenvalue weighted by Gasteiger charge is 2.32. The molecule has 0 unspecified atom stereocenters. The van der Waals surface area contributed by atoms with Gasteiger partial charge in [-0.2, -0.15) is 42.1 Å². The van der Waals surface area contributed by atoms with Gasteiger partial charge in [-0.1, -0.05) is 109 Å². The van der Waals surface area contributed by atoms with E-state index in [0.717, 1.165) is 35.2 Å². The van der Waals surface area contributed by atoms with Crippen molar-refractivity contribution in [2.45, 2.75) is 12.4 Å². The van der Waals surface area contributed by atoms with Gasteiger partial charge in [0, 0.05) is 44.2 Å². The molecule has 330 valence electrons. The Bertz CT molecular complexity index is 3590. The van der Waals surface area contributed by atoms with Gasteiger partial charge in [0.05, 0.1) is 74.1 Å². The van der Waals surface area contributed by atoms with Crippen molar-refractivity contribution in [3.63, 3.8) is 0 Å². The van der Waals surface area contributed by atoms with Crippen molar-refractivity contribution in [3.8, 4) is 91.2 Å². The second kappa shape index (κ2) is 17.2. The molecule has 0 atom stereocenters. The number of para-hydroxylation sites is 1. The summed E-state index contributed by atoms with van der Waals surface area (Å²) in [6, 6.07) is 55.5. The van der Waals surface area contributed by atoms with Crippen LogP contribution in [0, 0.1) is 34.0 Å². The van der Waals surface area contributed by atoms with E-state index in [1.807, 2.05) is 114 Å². The van der Waals surface area contributed by atoms with Crippen LogP contribution in [0.15, 0.2) is 182 Å². The van der Waals surface area contributed by atoms with Crippen LogP contribution in [0.5, 0.6) is 0 Å². The van der Waals surface area contributed by atoms with Gasteiger partial charge in [0.25, 0.3) is 0 Å². The summed E-state index contributed by atoms with van der Waals surface area (Å²) >= 11 is 0. The maximum Gasteiger partial charge on any atom is 0.416 e. The maximum absolute atomic E-state index is 14.2. The molecule has 0 saturated heterocycles. The number of nitriles is 3. The van der Waals surface area contributed by atoms with Crippen molar-refractivity contribution in [2.24, 2.45) is 0 Å². The Balaban J connectivity index is 1.32. The van der Waals surface area contributed by atoms with Gasteiger partial charge in [-0.25, -0.2) is 9.97 Å². The van der Waals surface area contributed by atoms with Gasteiger partial charge in [-0.05, 0) is 89.5 Å². The molecule has 0 spiro atoms. The fourth-order valence-electron chi connectivity index (χ4n) is 8.77. The van der Waals surface area contributed by atoms with Crippen molar-refractivity contribution < 1.29 is 26.3 Å². The minimum Gasteiger partial charge on any atom is -0.308 e. The summed E-state index contributed by atoms with van der Waals surface area (Å²) in [6.45, 7) is 0. The van der Waals surface area contributed by atoms with Gasteiger partial charge < -0.3 is 4.57 Å². The Morgan fingerprint density at radius 1 is 0.406 bits per heavy atom. The minimum absolute atomic E-state index is 0.119. The second-order valence-corrected chi connectivity index (χ2v) is 16.1. The molecule has 6 nitrogen and oxygen atoms in total. The normalized spacial score (nSPS) is 11.6. The lowest BCUT2D eigenvalue weighted by atomic mass is 9.90. The number of aromatic nitrogens is 3. The molecule has 12 heteroatoms. The Labute approximate surface area is 390 Å². The number of benzene rings is 8. The molecule has 0 aliphatic heterocycles.